The first-order valence-electron chi connectivity index (χ1n) is 9.28. The largest absolute Gasteiger partial charge is 0.494 e. The molecular formula is C19H29N3O5Si. The van der Waals surface area contributed by atoms with Crippen LogP contribution in [0.15, 0.2) is 28.1 Å². The molecule has 9 heteroatoms. The number of nitriles is 1. The quantitative estimate of drug-likeness (QED) is 0.441. The molecule has 0 bridgehead atoms. The van der Waals surface area contributed by atoms with E-state index in [1.54, 1.807) is 6.92 Å². The molecule has 0 aromatic carbocycles. The van der Waals surface area contributed by atoms with Gasteiger partial charge in [-0.15, -0.1) is 0 Å². The van der Waals surface area contributed by atoms with Crippen molar-refractivity contribution in [2.45, 2.75) is 70.7 Å². The molecule has 0 radical (unpaired) electrons. The Bertz CT molecular complexity index is 875. The van der Waals surface area contributed by atoms with E-state index in [0.717, 1.165) is 0 Å². The minimum absolute atomic E-state index is 0.0506. The lowest BCUT2D eigenvalue weighted by molar-refractivity contribution is -0.0454. The van der Waals surface area contributed by atoms with E-state index in [0.29, 0.717) is 18.6 Å². The van der Waals surface area contributed by atoms with Gasteiger partial charge in [-0.2, -0.15) is 5.26 Å². The maximum absolute atomic E-state index is 12.2. The van der Waals surface area contributed by atoms with Gasteiger partial charge in [0, 0.05) is 18.2 Å². The summed E-state index contributed by atoms with van der Waals surface area (Å²) in [4.78, 5) is 26.1. The number of aryl methyl sites for hydroxylation is 1. The summed E-state index contributed by atoms with van der Waals surface area (Å²) in [5.41, 5.74) is -0.522. The van der Waals surface area contributed by atoms with E-state index in [2.05, 4.69) is 38.8 Å². The second-order valence-corrected chi connectivity index (χ2v) is 13.3. The number of aromatic amines is 1. The number of rotatable bonds is 6. The third-order valence-electron chi connectivity index (χ3n) is 5.45. The monoisotopic (exact) mass is 407 g/mol. The van der Waals surface area contributed by atoms with Crippen LogP contribution in [0.5, 0.6) is 0 Å². The number of ether oxygens (including phenoxy) is 2. The van der Waals surface area contributed by atoms with Gasteiger partial charge in [0.2, 0.25) is 0 Å². The Morgan fingerprint density at radius 3 is 2.71 bits per heavy atom. The predicted molar refractivity (Wildman–Crippen MR) is 107 cm³/mol. The first kappa shape index (κ1) is 22.1. The Labute approximate surface area is 165 Å². The average molecular weight is 408 g/mol. The van der Waals surface area contributed by atoms with Crippen molar-refractivity contribution < 1.29 is 13.9 Å². The van der Waals surface area contributed by atoms with Crippen LogP contribution in [-0.2, 0) is 13.9 Å². The number of nitrogens with zero attached hydrogens (tertiary/aromatic N) is 2. The summed E-state index contributed by atoms with van der Waals surface area (Å²) in [6.07, 6.45) is 3.10. The molecule has 154 valence electrons. The second kappa shape index (κ2) is 8.47. The zero-order valence-electron chi connectivity index (χ0n) is 17.3. The van der Waals surface area contributed by atoms with Crippen LogP contribution in [0.1, 0.15) is 39.0 Å². The third kappa shape index (κ3) is 5.01. The van der Waals surface area contributed by atoms with Gasteiger partial charge in [0.1, 0.15) is 18.4 Å². The van der Waals surface area contributed by atoms with Gasteiger partial charge in [0.15, 0.2) is 8.32 Å². The van der Waals surface area contributed by atoms with Gasteiger partial charge in [-0.05, 0) is 25.1 Å². The van der Waals surface area contributed by atoms with Gasteiger partial charge >= 0.3 is 5.69 Å². The molecule has 0 unspecified atom stereocenters. The summed E-state index contributed by atoms with van der Waals surface area (Å²) in [6, 6.07) is 1.88. The van der Waals surface area contributed by atoms with Crippen molar-refractivity contribution in [1.82, 2.24) is 9.55 Å². The van der Waals surface area contributed by atoms with Crippen LogP contribution in [-0.4, -0.2) is 36.7 Å². The van der Waals surface area contributed by atoms with Crippen LogP contribution in [0.25, 0.3) is 0 Å². The lowest BCUT2D eigenvalue weighted by Gasteiger charge is -2.37. The lowest BCUT2D eigenvalue weighted by Crippen LogP contribution is -2.44. The number of aromatic nitrogens is 2. The maximum atomic E-state index is 12.2. The van der Waals surface area contributed by atoms with Crippen molar-refractivity contribution in [2.75, 3.05) is 6.61 Å². The highest BCUT2D eigenvalue weighted by Crippen LogP contribution is 2.38. The Morgan fingerprint density at radius 1 is 1.43 bits per heavy atom. The zero-order valence-corrected chi connectivity index (χ0v) is 18.3. The molecule has 28 heavy (non-hydrogen) atoms. The van der Waals surface area contributed by atoms with E-state index < -0.39 is 31.9 Å². The first-order chi connectivity index (χ1) is 13.0. The molecule has 1 saturated heterocycles. The van der Waals surface area contributed by atoms with Gasteiger partial charge in [0.25, 0.3) is 5.56 Å². The molecule has 1 aliphatic heterocycles. The molecule has 1 fully saturated rings. The zero-order chi connectivity index (χ0) is 21.1. The number of H-pyrrole nitrogens is 1. The highest BCUT2D eigenvalue weighted by Gasteiger charge is 2.42. The number of nitrogens with one attached hydrogen (secondary N) is 1. The molecule has 2 rings (SSSR count). The van der Waals surface area contributed by atoms with E-state index >= 15 is 0 Å². The average Bonchev–Trinajstić information content (AvgIpc) is 2.98. The fraction of sp³-hybridized carbons (Fsp3) is 0.632. The molecule has 0 spiro atoms. The maximum Gasteiger partial charge on any atom is 0.330 e. The molecule has 1 aromatic rings. The van der Waals surface area contributed by atoms with Crippen LogP contribution in [0, 0.1) is 18.3 Å². The summed E-state index contributed by atoms with van der Waals surface area (Å²) in [5.74, 6) is 0. The Hall–Kier alpha value is -2.15. The van der Waals surface area contributed by atoms with Crippen LogP contribution in [0.2, 0.25) is 18.1 Å². The number of hydrogen-bond donors (Lipinski definition) is 1. The Kier molecular flexibility index (Phi) is 6.70. The lowest BCUT2D eigenvalue weighted by atomic mass is 10.2. The summed E-state index contributed by atoms with van der Waals surface area (Å²) in [5, 5.41) is 8.73. The normalized spacial score (nSPS) is 23.1. The van der Waals surface area contributed by atoms with Gasteiger partial charge in [-0.3, -0.25) is 14.3 Å². The van der Waals surface area contributed by atoms with Crippen molar-refractivity contribution >= 4 is 8.32 Å². The van der Waals surface area contributed by atoms with Gasteiger partial charge in [-0.25, -0.2) is 4.79 Å². The van der Waals surface area contributed by atoms with E-state index in [9.17, 15) is 9.59 Å². The topological polar surface area (TPSA) is 106 Å². The van der Waals surface area contributed by atoms with Crippen LogP contribution in [0.4, 0.5) is 0 Å². The molecule has 0 saturated carbocycles. The molecule has 1 aliphatic rings. The van der Waals surface area contributed by atoms with Gasteiger partial charge in [-0.1, -0.05) is 20.8 Å². The van der Waals surface area contributed by atoms with Crippen molar-refractivity contribution in [3.8, 4) is 6.07 Å². The standard InChI is InChI=1S/C19H29N3O5Si/c1-13-11-22(18(24)21-17(13)23)16-10-14(25-9-7-8-20)15(27-16)12-26-28(5,6)19(2,3)4/h7,9,11,14-16H,10,12H2,1-6H3,(H,21,23,24)/b9-7+/t14-,15+,16+/m0/s1. The minimum atomic E-state index is -1.99. The molecule has 2 heterocycles. The molecule has 1 N–H and O–H groups in total. The van der Waals surface area contributed by atoms with E-state index in [1.165, 1.54) is 23.1 Å². The highest BCUT2D eigenvalue weighted by atomic mass is 28.4. The third-order valence-corrected chi connectivity index (χ3v) is 9.95. The number of hydrogen-bond acceptors (Lipinski definition) is 6. The summed E-state index contributed by atoms with van der Waals surface area (Å²) < 4.78 is 19.4. The van der Waals surface area contributed by atoms with Crippen molar-refractivity contribution in [3.05, 3.63) is 44.9 Å². The Balaban J connectivity index is 2.22. The van der Waals surface area contributed by atoms with Crippen LogP contribution >= 0.6 is 0 Å². The molecule has 3 atom stereocenters. The van der Waals surface area contributed by atoms with Crippen molar-refractivity contribution in [3.63, 3.8) is 0 Å². The van der Waals surface area contributed by atoms with Crippen molar-refractivity contribution in [2.24, 2.45) is 0 Å². The fourth-order valence-corrected chi connectivity index (χ4v) is 3.66. The molecule has 0 aliphatic carbocycles. The highest BCUT2D eigenvalue weighted by molar-refractivity contribution is 6.74. The molecule has 1 aromatic heterocycles. The molecule has 8 nitrogen and oxygen atoms in total. The fourth-order valence-electron chi connectivity index (χ4n) is 2.64. The summed E-state index contributed by atoms with van der Waals surface area (Å²) in [7, 11) is -1.99. The SMILES string of the molecule is Cc1cn([C@H]2C[C@H](O/C=C/C#N)[C@@H](CO[Si](C)(C)C(C)(C)C)O2)c(=O)[nH]c1=O. The van der Waals surface area contributed by atoms with Crippen LogP contribution in [0.3, 0.4) is 0 Å². The Morgan fingerprint density at radius 2 is 2.11 bits per heavy atom. The second-order valence-electron chi connectivity index (χ2n) is 8.52. The van der Waals surface area contributed by atoms with Crippen molar-refractivity contribution in [1.29, 1.82) is 5.26 Å². The van der Waals surface area contributed by atoms with E-state index in [-0.39, 0.29) is 11.1 Å². The van der Waals surface area contributed by atoms with Crippen LogP contribution < -0.4 is 11.2 Å². The summed E-state index contributed by atoms with van der Waals surface area (Å²) >= 11 is 0. The van der Waals surface area contributed by atoms with E-state index in [4.69, 9.17) is 19.2 Å². The van der Waals surface area contributed by atoms with Gasteiger partial charge in [0.05, 0.1) is 25.0 Å². The molecular weight excluding hydrogens is 378 g/mol. The summed E-state index contributed by atoms with van der Waals surface area (Å²) in [6.45, 7) is 12.7. The smallest absolute Gasteiger partial charge is 0.330 e. The number of allylic oxidation sites excluding steroid dienone is 1. The molecule has 0 amide bonds. The van der Waals surface area contributed by atoms with E-state index in [1.807, 2.05) is 6.07 Å². The first-order valence-corrected chi connectivity index (χ1v) is 12.2. The minimum Gasteiger partial charge on any atom is -0.494 e. The van der Waals surface area contributed by atoms with Gasteiger partial charge < -0.3 is 13.9 Å². The predicted octanol–water partition coefficient (Wildman–Crippen LogP) is 2.58.